The molecule has 2 aromatic carbocycles. The van der Waals surface area contributed by atoms with E-state index in [1.165, 1.54) is 5.57 Å². The highest BCUT2D eigenvalue weighted by Gasteiger charge is 2.28. The highest BCUT2D eigenvalue weighted by Crippen LogP contribution is 2.37. The summed E-state index contributed by atoms with van der Waals surface area (Å²) >= 11 is 5.92. The molecule has 0 aromatic heterocycles. The average molecular weight is 343 g/mol. The van der Waals surface area contributed by atoms with Gasteiger partial charge in [0.25, 0.3) is 0 Å². The van der Waals surface area contributed by atoms with Crippen LogP contribution in [0, 0.1) is 0 Å². The number of fused-ring (bicyclic) bond motifs is 1. The van der Waals surface area contributed by atoms with Crippen molar-refractivity contribution in [1.29, 1.82) is 0 Å². The number of ether oxygens (including phenoxy) is 2. The van der Waals surface area contributed by atoms with E-state index >= 15 is 0 Å². The first-order valence-corrected chi connectivity index (χ1v) is 8.26. The summed E-state index contributed by atoms with van der Waals surface area (Å²) < 4.78 is 11.7. The Morgan fingerprint density at radius 3 is 2.71 bits per heavy atom. The third-order valence-electron chi connectivity index (χ3n) is 3.88. The van der Waals surface area contributed by atoms with Gasteiger partial charge in [-0.2, -0.15) is 0 Å². The van der Waals surface area contributed by atoms with Crippen molar-refractivity contribution in [3.63, 3.8) is 0 Å². The summed E-state index contributed by atoms with van der Waals surface area (Å²) in [7, 11) is 0. The molecule has 0 aliphatic carbocycles. The first-order chi connectivity index (χ1) is 11.5. The number of carbonyl (C=O) groups excluding carboxylic acids is 1. The maximum atomic E-state index is 12.4. The van der Waals surface area contributed by atoms with Crippen LogP contribution in [-0.2, 0) is 0 Å². The van der Waals surface area contributed by atoms with Crippen molar-refractivity contribution in [1.82, 2.24) is 0 Å². The largest absolute Gasteiger partial charge is 0.489 e. The van der Waals surface area contributed by atoms with Gasteiger partial charge in [0.2, 0.25) is 0 Å². The summed E-state index contributed by atoms with van der Waals surface area (Å²) in [6.45, 7) is 4.54. The topological polar surface area (TPSA) is 35.5 Å². The van der Waals surface area contributed by atoms with Crippen LogP contribution in [-0.4, -0.2) is 12.4 Å². The van der Waals surface area contributed by atoms with E-state index in [0.717, 1.165) is 5.56 Å². The molecule has 0 spiro atoms. The molecular weight excluding hydrogens is 324 g/mol. The van der Waals surface area contributed by atoms with Crippen LogP contribution in [0.4, 0.5) is 0 Å². The van der Waals surface area contributed by atoms with E-state index < -0.39 is 0 Å². The molecule has 1 unspecified atom stereocenters. The Labute approximate surface area is 146 Å². The van der Waals surface area contributed by atoms with E-state index in [1.54, 1.807) is 24.3 Å². The Morgan fingerprint density at radius 2 is 2.00 bits per heavy atom. The molecule has 1 aliphatic rings. The highest BCUT2D eigenvalue weighted by molar-refractivity contribution is 6.30. The second-order valence-electron chi connectivity index (χ2n) is 6.04. The molecule has 2 aromatic rings. The number of hydrogen-bond donors (Lipinski definition) is 0. The fourth-order valence-corrected chi connectivity index (χ4v) is 2.69. The summed E-state index contributed by atoms with van der Waals surface area (Å²) in [6, 6.07) is 12.8. The molecule has 1 heterocycles. The summed E-state index contributed by atoms with van der Waals surface area (Å²) in [6.07, 6.45) is 2.03. The van der Waals surface area contributed by atoms with Crippen LogP contribution in [0.2, 0.25) is 5.02 Å². The van der Waals surface area contributed by atoms with Crippen molar-refractivity contribution in [2.45, 2.75) is 26.4 Å². The maximum Gasteiger partial charge on any atom is 0.170 e. The quantitative estimate of drug-likeness (QED) is 0.699. The van der Waals surface area contributed by atoms with Gasteiger partial charge in [0.05, 0.1) is 12.0 Å². The van der Waals surface area contributed by atoms with Gasteiger partial charge in [0.1, 0.15) is 24.2 Å². The van der Waals surface area contributed by atoms with Crippen molar-refractivity contribution in [3.8, 4) is 11.5 Å². The van der Waals surface area contributed by atoms with Crippen LogP contribution in [0.1, 0.15) is 42.3 Å². The van der Waals surface area contributed by atoms with E-state index in [4.69, 9.17) is 21.1 Å². The lowest BCUT2D eigenvalue weighted by atomic mass is 9.96. The summed E-state index contributed by atoms with van der Waals surface area (Å²) in [4.78, 5) is 12.4. The fourth-order valence-electron chi connectivity index (χ4n) is 2.56. The lowest BCUT2D eigenvalue weighted by Crippen LogP contribution is -2.20. The third kappa shape index (κ3) is 3.80. The minimum atomic E-state index is -0.296. The highest BCUT2D eigenvalue weighted by atomic mass is 35.5. The van der Waals surface area contributed by atoms with Crippen molar-refractivity contribution in [2.75, 3.05) is 6.61 Å². The molecule has 3 nitrogen and oxygen atoms in total. The number of allylic oxidation sites excluding steroid dienone is 1. The van der Waals surface area contributed by atoms with E-state index in [2.05, 4.69) is 0 Å². The summed E-state index contributed by atoms with van der Waals surface area (Å²) in [5.41, 5.74) is 2.74. The van der Waals surface area contributed by atoms with Crippen LogP contribution in [0.15, 0.2) is 54.1 Å². The van der Waals surface area contributed by atoms with E-state index in [1.807, 2.05) is 38.1 Å². The molecule has 0 N–H and O–H groups in total. The molecule has 0 saturated carbocycles. The van der Waals surface area contributed by atoms with Crippen molar-refractivity contribution < 1.29 is 14.3 Å². The molecule has 124 valence electrons. The predicted molar refractivity (Wildman–Crippen MR) is 95.1 cm³/mol. The van der Waals surface area contributed by atoms with Gasteiger partial charge in [-0.3, -0.25) is 4.79 Å². The molecule has 0 bridgehead atoms. The van der Waals surface area contributed by atoms with Crippen LogP contribution in [0.3, 0.4) is 0 Å². The number of carbonyl (C=O) groups is 1. The van der Waals surface area contributed by atoms with Gasteiger partial charge >= 0.3 is 0 Å². The number of rotatable bonds is 4. The molecule has 0 fully saturated rings. The SMILES string of the molecule is CC(C)=CCOc1ccc2c(c1)OC(c1ccc(Cl)cc1)CC2=O. The molecular formula is C20H19ClO3. The predicted octanol–water partition coefficient (Wildman–Crippen LogP) is 5.39. The first-order valence-electron chi connectivity index (χ1n) is 7.88. The Bertz CT molecular complexity index is 774. The molecule has 0 saturated heterocycles. The standard InChI is InChI=1S/C20H19ClO3/c1-13(2)9-10-23-16-7-8-17-18(22)12-19(24-20(17)11-16)14-3-5-15(21)6-4-14/h3-9,11,19H,10,12H2,1-2H3. The van der Waals surface area contributed by atoms with E-state index in [0.29, 0.717) is 35.1 Å². The molecule has 24 heavy (non-hydrogen) atoms. The molecule has 1 atom stereocenters. The Morgan fingerprint density at radius 1 is 1.25 bits per heavy atom. The lowest BCUT2D eigenvalue weighted by molar-refractivity contribution is 0.0849. The second kappa shape index (κ2) is 7.10. The van der Waals surface area contributed by atoms with Crippen molar-refractivity contribution in [2.24, 2.45) is 0 Å². The number of hydrogen-bond acceptors (Lipinski definition) is 3. The molecule has 0 amide bonds. The minimum Gasteiger partial charge on any atom is -0.489 e. The number of ketones is 1. The summed E-state index contributed by atoms with van der Waals surface area (Å²) in [5, 5.41) is 0.663. The monoisotopic (exact) mass is 342 g/mol. The van der Waals surface area contributed by atoms with Gasteiger partial charge < -0.3 is 9.47 Å². The molecule has 3 rings (SSSR count). The van der Waals surface area contributed by atoms with Gasteiger partial charge in [-0.15, -0.1) is 0 Å². The first kappa shape index (κ1) is 16.6. The lowest BCUT2D eigenvalue weighted by Gasteiger charge is -2.26. The Hall–Kier alpha value is -2.26. The maximum absolute atomic E-state index is 12.4. The molecule has 4 heteroatoms. The molecule has 1 aliphatic heterocycles. The number of Topliss-reactive ketones (excluding diaryl/α,β-unsaturated/α-hetero) is 1. The van der Waals surface area contributed by atoms with E-state index in [-0.39, 0.29) is 11.9 Å². The average Bonchev–Trinajstić information content (AvgIpc) is 2.55. The van der Waals surface area contributed by atoms with Gasteiger partial charge in [0.15, 0.2) is 5.78 Å². The second-order valence-corrected chi connectivity index (χ2v) is 6.47. The summed E-state index contributed by atoms with van der Waals surface area (Å²) in [5.74, 6) is 1.34. The normalized spacial score (nSPS) is 16.1. The smallest absolute Gasteiger partial charge is 0.170 e. The van der Waals surface area contributed by atoms with Crippen LogP contribution >= 0.6 is 11.6 Å². The minimum absolute atomic E-state index is 0.0760. The van der Waals surface area contributed by atoms with Gasteiger partial charge in [-0.25, -0.2) is 0 Å². The number of benzene rings is 2. The molecule has 0 radical (unpaired) electrons. The van der Waals surface area contributed by atoms with Crippen LogP contribution < -0.4 is 9.47 Å². The fraction of sp³-hybridized carbons (Fsp3) is 0.250. The third-order valence-corrected chi connectivity index (χ3v) is 4.13. The van der Waals surface area contributed by atoms with Gasteiger partial charge in [-0.05, 0) is 49.8 Å². The van der Waals surface area contributed by atoms with Crippen molar-refractivity contribution >= 4 is 17.4 Å². The van der Waals surface area contributed by atoms with Gasteiger partial charge in [0, 0.05) is 11.1 Å². The Kier molecular flexibility index (Phi) is 4.91. The van der Waals surface area contributed by atoms with Crippen LogP contribution in [0.5, 0.6) is 11.5 Å². The van der Waals surface area contributed by atoms with Crippen molar-refractivity contribution in [3.05, 3.63) is 70.3 Å². The zero-order chi connectivity index (χ0) is 17.1. The van der Waals surface area contributed by atoms with Gasteiger partial charge in [-0.1, -0.05) is 29.3 Å². The number of halogens is 1. The zero-order valence-corrected chi connectivity index (χ0v) is 14.5. The van der Waals surface area contributed by atoms with Crippen LogP contribution in [0.25, 0.3) is 0 Å². The van der Waals surface area contributed by atoms with E-state index in [9.17, 15) is 4.79 Å². The Balaban J connectivity index is 1.81. The zero-order valence-electron chi connectivity index (χ0n) is 13.7.